The number of hydrogen-bond acceptors (Lipinski definition) is 4. The van der Waals surface area contributed by atoms with Gasteiger partial charge in [-0.15, -0.1) is 0 Å². The molecule has 4 rings (SSSR count). The van der Waals surface area contributed by atoms with Gasteiger partial charge in [-0.25, -0.2) is 9.97 Å². The Morgan fingerprint density at radius 1 is 1.18 bits per heavy atom. The molecule has 22 heavy (non-hydrogen) atoms. The molecular formula is C15H15ClN6. The van der Waals surface area contributed by atoms with Gasteiger partial charge in [0.2, 0.25) is 5.28 Å². The number of aromatic amines is 1. The van der Waals surface area contributed by atoms with Gasteiger partial charge in [0.1, 0.15) is 11.2 Å². The largest absolute Gasteiger partial charge is 0.341 e. The van der Waals surface area contributed by atoms with Crippen molar-refractivity contribution in [1.82, 2.24) is 29.7 Å². The van der Waals surface area contributed by atoms with Crippen LogP contribution in [-0.4, -0.2) is 29.7 Å². The summed E-state index contributed by atoms with van der Waals surface area (Å²) in [5.74, 6) is 0. The fourth-order valence-electron chi connectivity index (χ4n) is 2.33. The van der Waals surface area contributed by atoms with Gasteiger partial charge in [-0.2, -0.15) is 10.1 Å². The van der Waals surface area contributed by atoms with E-state index in [-0.39, 0.29) is 5.28 Å². The highest BCUT2D eigenvalue weighted by Gasteiger charge is 2.12. The van der Waals surface area contributed by atoms with E-state index in [1.807, 2.05) is 50.0 Å². The number of nitrogens with one attached hydrogen (secondary N) is 1. The van der Waals surface area contributed by atoms with E-state index in [0.29, 0.717) is 5.65 Å². The Bertz CT molecular complexity index is 940. The highest BCUT2D eigenvalue weighted by Crippen LogP contribution is 2.27. The molecule has 7 heteroatoms. The van der Waals surface area contributed by atoms with Gasteiger partial charge >= 0.3 is 0 Å². The summed E-state index contributed by atoms with van der Waals surface area (Å²) in [6.45, 7) is 4.00. The Morgan fingerprint density at radius 3 is 2.82 bits per heavy atom. The summed E-state index contributed by atoms with van der Waals surface area (Å²) in [5.41, 5.74) is 4.09. The molecular weight excluding hydrogens is 300 g/mol. The fraction of sp³-hybridized carbons (Fsp3) is 0.200. The zero-order valence-corrected chi connectivity index (χ0v) is 13.3. The minimum Gasteiger partial charge on any atom is -0.341 e. The molecule has 0 radical (unpaired) electrons. The second kappa shape index (κ2) is 5.73. The maximum Gasteiger partial charge on any atom is 0.225 e. The fourth-order valence-corrected chi connectivity index (χ4v) is 2.49. The van der Waals surface area contributed by atoms with E-state index >= 15 is 0 Å². The molecule has 0 aliphatic heterocycles. The summed E-state index contributed by atoms with van der Waals surface area (Å²) in [6, 6.07) is 6.03. The standard InChI is InChI=1S/C13H9ClN6.C2H6/c1-20-9-3-2-7(4-8(9)5-17-20)10-11-12(16-6-15-11)19-13(14)18-10;1-2/h2-6H,1H3,(H,15,16,18,19);1-2H3. The van der Waals surface area contributed by atoms with Crippen molar-refractivity contribution in [3.05, 3.63) is 36.0 Å². The second-order valence-electron chi connectivity index (χ2n) is 4.48. The van der Waals surface area contributed by atoms with Crippen LogP contribution in [0.5, 0.6) is 0 Å². The van der Waals surface area contributed by atoms with Crippen LogP contribution in [-0.2, 0) is 7.05 Å². The third-order valence-electron chi connectivity index (χ3n) is 3.28. The van der Waals surface area contributed by atoms with Crippen LogP contribution >= 0.6 is 11.6 Å². The molecule has 0 spiro atoms. The smallest absolute Gasteiger partial charge is 0.225 e. The topological polar surface area (TPSA) is 72.3 Å². The predicted octanol–water partition coefficient (Wildman–Crippen LogP) is 3.59. The van der Waals surface area contributed by atoms with Crippen molar-refractivity contribution in [3.63, 3.8) is 0 Å². The summed E-state index contributed by atoms with van der Waals surface area (Å²) in [4.78, 5) is 15.6. The molecule has 0 aliphatic carbocycles. The molecule has 0 saturated heterocycles. The summed E-state index contributed by atoms with van der Waals surface area (Å²) in [7, 11) is 1.91. The van der Waals surface area contributed by atoms with Crippen molar-refractivity contribution < 1.29 is 0 Å². The zero-order valence-electron chi connectivity index (χ0n) is 12.5. The molecule has 0 amide bonds. The van der Waals surface area contributed by atoms with E-state index in [1.165, 1.54) is 0 Å². The van der Waals surface area contributed by atoms with Crippen LogP contribution in [0.25, 0.3) is 33.3 Å². The lowest BCUT2D eigenvalue weighted by atomic mass is 10.1. The van der Waals surface area contributed by atoms with Crippen LogP contribution < -0.4 is 0 Å². The van der Waals surface area contributed by atoms with Crippen LogP contribution in [0.2, 0.25) is 5.28 Å². The van der Waals surface area contributed by atoms with Gasteiger partial charge in [0, 0.05) is 18.0 Å². The van der Waals surface area contributed by atoms with Crippen LogP contribution in [0.4, 0.5) is 0 Å². The van der Waals surface area contributed by atoms with Crippen molar-refractivity contribution in [3.8, 4) is 11.3 Å². The molecule has 0 fully saturated rings. The maximum atomic E-state index is 5.96. The first-order chi connectivity index (χ1) is 10.7. The van der Waals surface area contributed by atoms with Gasteiger partial charge < -0.3 is 4.98 Å². The minimum atomic E-state index is 0.186. The van der Waals surface area contributed by atoms with Crippen LogP contribution in [0.3, 0.4) is 0 Å². The quantitative estimate of drug-likeness (QED) is 0.545. The van der Waals surface area contributed by atoms with Gasteiger partial charge in [0.05, 0.1) is 18.0 Å². The van der Waals surface area contributed by atoms with E-state index in [4.69, 9.17) is 11.6 Å². The van der Waals surface area contributed by atoms with Crippen LogP contribution in [0.15, 0.2) is 30.7 Å². The van der Waals surface area contributed by atoms with Crippen molar-refractivity contribution in [2.45, 2.75) is 13.8 Å². The molecule has 3 aromatic heterocycles. The molecule has 4 aromatic rings. The minimum absolute atomic E-state index is 0.186. The van der Waals surface area contributed by atoms with E-state index in [1.54, 1.807) is 6.33 Å². The third-order valence-corrected chi connectivity index (χ3v) is 3.45. The number of benzene rings is 1. The summed E-state index contributed by atoms with van der Waals surface area (Å²) >= 11 is 5.96. The molecule has 0 saturated carbocycles. The summed E-state index contributed by atoms with van der Waals surface area (Å²) in [5, 5.41) is 5.47. The Morgan fingerprint density at radius 2 is 2.00 bits per heavy atom. The van der Waals surface area contributed by atoms with Crippen molar-refractivity contribution in [2.24, 2.45) is 7.05 Å². The highest BCUT2D eigenvalue weighted by atomic mass is 35.5. The van der Waals surface area contributed by atoms with Crippen LogP contribution in [0, 0.1) is 0 Å². The number of hydrogen-bond donors (Lipinski definition) is 1. The maximum absolute atomic E-state index is 5.96. The number of rotatable bonds is 1. The molecule has 0 bridgehead atoms. The number of nitrogens with zero attached hydrogens (tertiary/aromatic N) is 5. The average molecular weight is 315 g/mol. The number of H-pyrrole nitrogens is 1. The second-order valence-corrected chi connectivity index (χ2v) is 4.82. The van der Waals surface area contributed by atoms with Crippen LogP contribution in [0.1, 0.15) is 13.8 Å². The molecule has 1 aromatic carbocycles. The van der Waals surface area contributed by atoms with Gasteiger partial charge in [-0.3, -0.25) is 4.68 Å². The molecule has 0 unspecified atom stereocenters. The van der Waals surface area contributed by atoms with E-state index in [0.717, 1.165) is 27.7 Å². The molecule has 0 aliphatic rings. The normalized spacial score (nSPS) is 10.7. The average Bonchev–Trinajstić information content (AvgIpc) is 3.15. The first-order valence-corrected chi connectivity index (χ1v) is 7.39. The number of aromatic nitrogens is 6. The Balaban J connectivity index is 0.000000693. The zero-order chi connectivity index (χ0) is 15.7. The van der Waals surface area contributed by atoms with Crippen molar-refractivity contribution >= 4 is 33.7 Å². The van der Waals surface area contributed by atoms with E-state index in [2.05, 4.69) is 25.0 Å². The molecule has 0 atom stereocenters. The predicted molar refractivity (Wildman–Crippen MR) is 87.7 cm³/mol. The first kappa shape index (κ1) is 14.5. The van der Waals surface area contributed by atoms with E-state index < -0.39 is 0 Å². The number of aryl methyl sites for hydroxylation is 1. The SMILES string of the molecule is CC.Cn1ncc2cc(-c3nc(Cl)nc4nc[nH]c34)ccc21. The number of halogens is 1. The first-order valence-electron chi connectivity index (χ1n) is 7.01. The Hall–Kier alpha value is -2.47. The molecule has 6 nitrogen and oxygen atoms in total. The lowest BCUT2D eigenvalue weighted by Crippen LogP contribution is -1.91. The number of imidazole rings is 1. The molecule has 112 valence electrons. The highest BCUT2D eigenvalue weighted by molar-refractivity contribution is 6.28. The van der Waals surface area contributed by atoms with Gasteiger partial charge in [0.25, 0.3) is 0 Å². The van der Waals surface area contributed by atoms with Gasteiger partial charge in [-0.1, -0.05) is 19.9 Å². The van der Waals surface area contributed by atoms with Gasteiger partial charge in [0.15, 0.2) is 5.65 Å². The summed E-state index contributed by atoms with van der Waals surface area (Å²) < 4.78 is 1.83. The van der Waals surface area contributed by atoms with Gasteiger partial charge in [-0.05, 0) is 23.7 Å². The molecule has 1 N–H and O–H groups in total. The lowest BCUT2D eigenvalue weighted by molar-refractivity contribution is 0.797. The van der Waals surface area contributed by atoms with Crippen molar-refractivity contribution in [2.75, 3.05) is 0 Å². The summed E-state index contributed by atoms with van der Waals surface area (Å²) in [6.07, 6.45) is 3.41. The van der Waals surface area contributed by atoms with Crippen molar-refractivity contribution in [1.29, 1.82) is 0 Å². The van der Waals surface area contributed by atoms with E-state index in [9.17, 15) is 0 Å². The Labute approximate surface area is 132 Å². The monoisotopic (exact) mass is 314 g/mol. The molecule has 3 heterocycles. The Kier molecular flexibility index (Phi) is 3.77. The lowest BCUT2D eigenvalue weighted by Gasteiger charge is -2.03. The third kappa shape index (κ3) is 2.31. The number of fused-ring (bicyclic) bond motifs is 2.